The summed E-state index contributed by atoms with van der Waals surface area (Å²) in [6, 6.07) is 6.18. The number of hydrogen-bond donors (Lipinski definition) is 0. The van der Waals surface area contributed by atoms with E-state index in [1.807, 2.05) is 9.58 Å². The van der Waals surface area contributed by atoms with Crippen molar-refractivity contribution in [3.63, 3.8) is 0 Å². The van der Waals surface area contributed by atoms with Crippen molar-refractivity contribution in [1.29, 1.82) is 0 Å². The number of benzene rings is 1. The van der Waals surface area contributed by atoms with E-state index in [4.69, 9.17) is 0 Å². The topological polar surface area (TPSA) is 67.2 Å². The molecule has 0 atom stereocenters. The molecule has 0 spiro atoms. The van der Waals surface area contributed by atoms with E-state index in [-0.39, 0.29) is 11.7 Å². The maximum atomic E-state index is 13.0. The molecule has 1 saturated heterocycles. The van der Waals surface area contributed by atoms with Crippen LogP contribution in [0.2, 0.25) is 0 Å². The fourth-order valence-electron chi connectivity index (χ4n) is 3.00. The molecule has 2 aromatic rings. The summed E-state index contributed by atoms with van der Waals surface area (Å²) < 4.78 is 14.9. The number of rotatable bonds is 4. The molecular formula is C16H19FN6O. The van der Waals surface area contributed by atoms with E-state index in [0.29, 0.717) is 31.2 Å². The quantitative estimate of drug-likeness (QED) is 0.840. The molecule has 1 amide bonds. The lowest BCUT2D eigenvalue weighted by Crippen LogP contribution is -2.48. The zero-order valence-electron chi connectivity index (χ0n) is 13.3. The number of piperazine rings is 1. The molecule has 2 aliphatic rings. The number of halogens is 1. The standard InChI is InChI=1S/C16H19FN6O/c17-13-3-1-12(2-4-13)16(24)22-9-7-21(8-10-22)11-15-18-19-20-23(15)14-5-6-14/h1-4,14H,5-11H2. The van der Waals surface area contributed by atoms with Gasteiger partial charge in [0, 0.05) is 31.7 Å². The van der Waals surface area contributed by atoms with Gasteiger partial charge in [0.1, 0.15) is 5.82 Å². The maximum Gasteiger partial charge on any atom is 0.253 e. The first-order valence-corrected chi connectivity index (χ1v) is 8.24. The Balaban J connectivity index is 1.34. The number of aromatic nitrogens is 4. The molecule has 4 rings (SSSR count). The van der Waals surface area contributed by atoms with Crippen molar-refractivity contribution < 1.29 is 9.18 Å². The number of hydrogen-bond acceptors (Lipinski definition) is 5. The van der Waals surface area contributed by atoms with Crippen LogP contribution in [0.4, 0.5) is 4.39 Å². The highest BCUT2D eigenvalue weighted by atomic mass is 19.1. The van der Waals surface area contributed by atoms with Gasteiger partial charge >= 0.3 is 0 Å². The Morgan fingerprint density at radius 3 is 2.50 bits per heavy atom. The third-order valence-corrected chi connectivity index (χ3v) is 4.57. The first-order valence-electron chi connectivity index (χ1n) is 8.24. The molecule has 0 bridgehead atoms. The minimum Gasteiger partial charge on any atom is -0.336 e. The minimum absolute atomic E-state index is 0.0440. The predicted octanol–water partition coefficient (Wildman–Crippen LogP) is 1.11. The molecule has 2 fully saturated rings. The highest BCUT2D eigenvalue weighted by Crippen LogP contribution is 2.34. The van der Waals surface area contributed by atoms with Gasteiger partial charge in [-0.2, -0.15) is 0 Å². The molecule has 1 aromatic carbocycles. The van der Waals surface area contributed by atoms with Crippen LogP contribution in [0, 0.1) is 5.82 Å². The molecule has 1 aliphatic carbocycles. The summed E-state index contributed by atoms with van der Waals surface area (Å²) in [4.78, 5) is 16.5. The zero-order chi connectivity index (χ0) is 16.5. The van der Waals surface area contributed by atoms with Crippen molar-refractivity contribution in [3.05, 3.63) is 41.5 Å². The number of amides is 1. The lowest BCUT2D eigenvalue weighted by atomic mass is 10.2. The average Bonchev–Trinajstić information content (AvgIpc) is 3.35. The monoisotopic (exact) mass is 330 g/mol. The second kappa shape index (κ2) is 6.27. The van der Waals surface area contributed by atoms with Gasteiger partial charge in [0.2, 0.25) is 0 Å². The predicted molar refractivity (Wildman–Crippen MR) is 83.7 cm³/mol. The summed E-state index contributed by atoms with van der Waals surface area (Å²) in [5, 5.41) is 12.0. The van der Waals surface area contributed by atoms with Gasteiger partial charge in [-0.1, -0.05) is 0 Å². The van der Waals surface area contributed by atoms with Gasteiger partial charge in [0.25, 0.3) is 5.91 Å². The van der Waals surface area contributed by atoms with Crippen molar-refractivity contribution in [2.45, 2.75) is 25.4 Å². The summed E-state index contributed by atoms with van der Waals surface area (Å²) in [5.41, 5.74) is 0.530. The van der Waals surface area contributed by atoms with Crippen molar-refractivity contribution >= 4 is 5.91 Å². The second-order valence-electron chi connectivity index (χ2n) is 6.35. The van der Waals surface area contributed by atoms with E-state index in [2.05, 4.69) is 20.4 Å². The normalized spacial score (nSPS) is 18.8. The molecule has 0 unspecified atom stereocenters. The smallest absolute Gasteiger partial charge is 0.253 e. The highest BCUT2D eigenvalue weighted by Gasteiger charge is 2.29. The van der Waals surface area contributed by atoms with Gasteiger partial charge in [-0.05, 0) is 47.5 Å². The van der Waals surface area contributed by atoms with Crippen molar-refractivity contribution in [2.75, 3.05) is 26.2 Å². The molecule has 24 heavy (non-hydrogen) atoms. The zero-order valence-corrected chi connectivity index (χ0v) is 13.3. The largest absolute Gasteiger partial charge is 0.336 e. The fraction of sp³-hybridized carbons (Fsp3) is 0.500. The van der Waals surface area contributed by atoms with Crippen LogP contribution in [-0.2, 0) is 6.54 Å². The summed E-state index contributed by atoms with van der Waals surface area (Å²) in [5.74, 6) is 0.526. The Labute approximate surface area is 139 Å². The molecule has 7 nitrogen and oxygen atoms in total. The Kier molecular flexibility index (Phi) is 3.97. The van der Waals surface area contributed by atoms with E-state index in [9.17, 15) is 9.18 Å². The van der Waals surface area contributed by atoms with E-state index in [1.165, 1.54) is 24.3 Å². The van der Waals surface area contributed by atoms with Crippen molar-refractivity contribution in [3.8, 4) is 0 Å². The van der Waals surface area contributed by atoms with Crippen molar-refractivity contribution in [2.24, 2.45) is 0 Å². The van der Waals surface area contributed by atoms with Crippen LogP contribution in [0.3, 0.4) is 0 Å². The summed E-state index contributed by atoms with van der Waals surface area (Å²) >= 11 is 0. The van der Waals surface area contributed by atoms with Crippen LogP contribution < -0.4 is 0 Å². The summed E-state index contributed by atoms with van der Waals surface area (Å²) in [7, 11) is 0. The SMILES string of the molecule is O=C(c1ccc(F)cc1)N1CCN(Cc2nnnn2C2CC2)CC1. The van der Waals surface area contributed by atoms with Crippen LogP contribution in [0.25, 0.3) is 0 Å². The number of tetrazole rings is 1. The molecular weight excluding hydrogens is 311 g/mol. The maximum absolute atomic E-state index is 13.0. The van der Waals surface area contributed by atoms with Crippen LogP contribution >= 0.6 is 0 Å². The third kappa shape index (κ3) is 3.14. The molecule has 0 N–H and O–H groups in total. The molecule has 126 valence electrons. The van der Waals surface area contributed by atoms with Crippen LogP contribution in [0.1, 0.15) is 35.1 Å². The second-order valence-corrected chi connectivity index (χ2v) is 6.35. The van der Waals surface area contributed by atoms with Gasteiger partial charge in [-0.3, -0.25) is 9.69 Å². The Bertz CT molecular complexity index is 718. The lowest BCUT2D eigenvalue weighted by molar-refractivity contribution is 0.0623. The van der Waals surface area contributed by atoms with Gasteiger partial charge in [-0.25, -0.2) is 9.07 Å². The molecule has 1 aliphatic heterocycles. The van der Waals surface area contributed by atoms with E-state index in [0.717, 1.165) is 31.8 Å². The van der Waals surface area contributed by atoms with Crippen LogP contribution in [0.15, 0.2) is 24.3 Å². The number of nitrogens with zero attached hydrogens (tertiary/aromatic N) is 6. The Morgan fingerprint density at radius 2 is 1.83 bits per heavy atom. The van der Waals surface area contributed by atoms with E-state index in [1.54, 1.807) is 0 Å². The fourth-order valence-corrected chi connectivity index (χ4v) is 3.00. The molecule has 0 radical (unpaired) electrons. The van der Waals surface area contributed by atoms with Crippen LogP contribution in [-0.4, -0.2) is 62.1 Å². The lowest BCUT2D eigenvalue weighted by Gasteiger charge is -2.34. The molecule has 8 heteroatoms. The average molecular weight is 330 g/mol. The van der Waals surface area contributed by atoms with Crippen molar-refractivity contribution in [1.82, 2.24) is 30.0 Å². The summed E-state index contributed by atoms with van der Waals surface area (Å²) in [6.07, 6.45) is 2.30. The molecule has 2 heterocycles. The van der Waals surface area contributed by atoms with Gasteiger partial charge in [0.15, 0.2) is 5.82 Å². The molecule has 1 aromatic heterocycles. The van der Waals surface area contributed by atoms with Gasteiger partial charge in [0.05, 0.1) is 12.6 Å². The Morgan fingerprint density at radius 1 is 1.12 bits per heavy atom. The van der Waals surface area contributed by atoms with Crippen LogP contribution in [0.5, 0.6) is 0 Å². The van der Waals surface area contributed by atoms with Gasteiger partial charge < -0.3 is 4.90 Å². The summed E-state index contributed by atoms with van der Waals surface area (Å²) in [6.45, 7) is 3.58. The first-order chi connectivity index (χ1) is 11.7. The minimum atomic E-state index is -0.329. The molecule has 1 saturated carbocycles. The third-order valence-electron chi connectivity index (χ3n) is 4.57. The van der Waals surface area contributed by atoms with E-state index < -0.39 is 0 Å². The van der Waals surface area contributed by atoms with Gasteiger partial charge in [-0.15, -0.1) is 5.10 Å². The van der Waals surface area contributed by atoms with E-state index >= 15 is 0 Å². The first kappa shape index (κ1) is 15.2. The number of carbonyl (C=O) groups excluding carboxylic acids is 1. The Hall–Kier alpha value is -2.35. The highest BCUT2D eigenvalue weighted by molar-refractivity contribution is 5.94. The number of carbonyl (C=O) groups is 1.